The summed E-state index contributed by atoms with van der Waals surface area (Å²) in [5, 5.41) is 31.7. The van der Waals surface area contributed by atoms with Crippen LogP contribution in [0.3, 0.4) is 0 Å². The summed E-state index contributed by atoms with van der Waals surface area (Å²) < 4.78 is 5.24. The third kappa shape index (κ3) is 3.42. The molecule has 1 heterocycles. The average Bonchev–Trinajstić information content (AvgIpc) is 3.32. The Kier molecular flexibility index (Phi) is 6.00. The Bertz CT molecular complexity index is 784. The topological polar surface area (TPSA) is 87.0 Å². The number of aliphatic hydroxyl groups is 3. The number of carbonyl (C=O) groups excluding carboxylic acids is 1. The maximum Gasteiger partial charge on any atom is 0.331 e. The summed E-state index contributed by atoms with van der Waals surface area (Å²) in [6.07, 6.45) is 11.0. The van der Waals surface area contributed by atoms with Crippen LogP contribution >= 0.6 is 11.8 Å². The molecule has 0 aromatic heterocycles. The van der Waals surface area contributed by atoms with Crippen molar-refractivity contribution in [1.29, 1.82) is 0 Å². The molecular formula is C26H40O5S. The number of aliphatic hydroxyl groups excluding tert-OH is 2. The van der Waals surface area contributed by atoms with E-state index in [0.717, 1.165) is 31.3 Å². The first-order valence-electron chi connectivity index (χ1n) is 12.7. The number of ether oxygens (including phenoxy) is 1. The molecule has 0 aromatic carbocycles. The van der Waals surface area contributed by atoms with Crippen molar-refractivity contribution in [2.45, 2.75) is 88.6 Å². The molecule has 4 fully saturated rings. The van der Waals surface area contributed by atoms with Crippen LogP contribution < -0.4 is 0 Å². The highest BCUT2D eigenvalue weighted by atomic mass is 32.2. The van der Waals surface area contributed by atoms with Crippen LogP contribution in [0, 0.1) is 34.5 Å². The Morgan fingerprint density at radius 2 is 1.94 bits per heavy atom. The molecule has 1 aliphatic heterocycles. The lowest BCUT2D eigenvalue weighted by molar-refractivity contribution is -0.203. The molecule has 3 N–H and O–H groups in total. The second-order valence-electron chi connectivity index (χ2n) is 11.9. The molecule has 6 heteroatoms. The fourth-order valence-corrected chi connectivity index (χ4v) is 10.1. The molecule has 4 saturated carbocycles. The number of cyclic esters (lactones) is 1. The van der Waals surface area contributed by atoms with Gasteiger partial charge in [-0.1, -0.05) is 13.8 Å². The van der Waals surface area contributed by atoms with Gasteiger partial charge in [0.05, 0.1) is 18.3 Å². The third-order valence-corrected chi connectivity index (χ3v) is 12.1. The van der Waals surface area contributed by atoms with Crippen molar-refractivity contribution in [2.75, 3.05) is 19.0 Å². The van der Waals surface area contributed by atoms with Crippen LogP contribution in [0.4, 0.5) is 0 Å². The van der Waals surface area contributed by atoms with Gasteiger partial charge in [-0.15, -0.1) is 0 Å². The molecule has 32 heavy (non-hydrogen) atoms. The van der Waals surface area contributed by atoms with Gasteiger partial charge in [0.2, 0.25) is 0 Å². The summed E-state index contributed by atoms with van der Waals surface area (Å²) in [5.74, 6) is 2.28. The minimum atomic E-state index is -0.641. The molecule has 0 aromatic rings. The van der Waals surface area contributed by atoms with Gasteiger partial charge < -0.3 is 20.1 Å². The molecule has 0 amide bonds. The molecule has 5 nitrogen and oxygen atoms in total. The predicted molar refractivity (Wildman–Crippen MR) is 125 cm³/mol. The Morgan fingerprint density at radius 3 is 2.66 bits per heavy atom. The normalized spacial score (nSPS) is 49.0. The van der Waals surface area contributed by atoms with Crippen LogP contribution in [0.2, 0.25) is 0 Å². The SMILES string of the molecule is C[C@]12CC[C@H](SCC(O)CO)C[C@H]1CC[C@@H]1[C@@H]2CC[C@]2(C)[C@@H](C3=CC(=O)OC3)CC[C@]12O. The highest BCUT2D eigenvalue weighted by Gasteiger charge is 2.67. The number of hydrogen-bond acceptors (Lipinski definition) is 6. The smallest absolute Gasteiger partial charge is 0.331 e. The van der Waals surface area contributed by atoms with Crippen LogP contribution in [0.1, 0.15) is 71.6 Å². The summed E-state index contributed by atoms with van der Waals surface area (Å²) in [7, 11) is 0. The molecule has 4 aliphatic carbocycles. The van der Waals surface area contributed by atoms with E-state index in [1.807, 2.05) is 11.8 Å². The molecular weight excluding hydrogens is 424 g/mol. The van der Waals surface area contributed by atoms with Gasteiger partial charge in [0.1, 0.15) is 6.61 Å². The summed E-state index contributed by atoms with van der Waals surface area (Å²) >= 11 is 1.84. The summed E-state index contributed by atoms with van der Waals surface area (Å²) in [4.78, 5) is 11.7. The van der Waals surface area contributed by atoms with Gasteiger partial charge in [-0.3, -0.25) is 0 Å². The molecule has 0 spiro atoms. The van der Waals surface area contributed by atoms with Crippen LogP contribution in [0.25, 0.3) is 0 Å². The first kappa shape index (κ1) is 23.2. The lowest BCUT2D eigenvalue weighted by Crippen LogP contribution is -2.62. The fraction of sp³-hybridized carbons (Fsp3) is 0.885. The highest BCUT2D eigenvalue weighted by Crippen LogP contribution is 2.70. The third-order valence-electron chi connectivity index (χ3n) is 10.7. The summed E-state index contributed by atoms with van der Waals surface area (Å²) in [6, 6.07) is 0. The first-order chi connectivity index (χ1) is 15.2. The van der Waals surface area contributed by atoms with E-state index in [2.05, 4.69) is 13.8 Å². The van der Waals surface area contributed by atoms with Gasteiger partial charge in [-0.25, -0.2) is 4.79 Å². The lowest BCUT2D eigenvalue weighted by Gasteiger charge is -2.64. The van der Waals surface area contributed by atoms with E-state index in [0.29, 0.717) is 35.4 Å². The number of thioether (sulfide) groups is 1. The van der Waals surface area contributed by atoms with E-state index in [9.17, 15) is 15.0 Å². The number of esters is 1. The van der Waals surface area contributed by atoms with Gasteiger partial charge in [-0.05, 0) is 92.4 Å². The second kappa shape index (κ2) is 8.28. The van der Waals surface area contributed by atoms with Gasteiger partial charge in [-0.2, -0.15) is 11.8 Å². The van der Waals surface area contributed by atoms with Crippen LogP contribution in [-0.4, -0.2) is 57.2 Å². The van der Waals surface area contributed by atoms with E-state index in [4.69, 9.17) is 9.84 Å². The maximum absolute atomic E-state index is 12.3. The van der Waals surface area contributed by atoms with Gasteiger partial charge >= 0.3 is 5.97 Å². The standard InChI is InChI=1S/C26H40O5S/c1-24-8-5-19(32-15-18(28)13-27)12-17(24)3-4-22-21(24)6-9-25(2)20(7-10-26(22,25)30)16-11-23(29)31-14-16/h11,17-22,27-28,30H,3-10,12-15H2,1-2H3/t17-,18?,19+,20-,21+,22-,24+,25-,26+/m1/s1. The zero-order valence-electron chi connectivity index (χ0n) is 19.6. The van der Waals surface area contributed by atoms with E-state index in [1.54, 1.807) is 6.08 Å². The quantitative estimate of drug-likeness (QED) is 0.538. The number of rotatable bonds is 5. The lowest BCUT2D eigenvalue weighted by atomic mass is 9.43. The van der Waals surface area contributed by atoms with Crippen molar-refractivity contribution < 1.29 is 24.9 Å². The molecule has 5 rings (SSSR count). The Hall–Kier alpha value is -0.560. The van der Waals surface area contributed by atoms with Gasteiger partial charge in [0.15, 0.2) is 0 Å². The maximum atomic E-state index is 12.3. The number of fused-ring (bicyclic) bond motifs is 5. The Labute approximate surface area is 196 Å². The number of hydrogen-bond donors (Lipinski definition) is 3. The van der Waals surface area contributed by atoms with Gasteiger partial charge in [0, 0.05) is 22.5 Å². The molecule has 1 unspecified atom stereocenters. The van der Waals surface area contributed by atoms with Crippen molar-refractivity contribution in [1.82, 2.24) is 0 Å². The van der Waals surface area contributed by atoms with E-state index >= 15 is 0 Å². The number of carbonyl (C=O) groups is 1. The first-order valence-corrected chi connectivity index (χ1v) is 13.8. The van der Waals surface area contributed by atoms with Crippen molar-refractivity contribution in [3.8, 4) is 0 Å². The van der Waals surface area contributed by atoms with Crippen LogP contribution in [0.15, 0.2) is 11.6 Å². The van der Waals surface area contributed by atoms with Crippen LogP contribution in [-0.2, 0) is 9.53 Å². The molecule has 5 aliphatic rings. The summed E-state index contributed by atoms with van der Waals surface area (Å²) in [6.45, 7) is 5.05. The Morgan fingerprint density at radius 1 is 1.12 bits per heavy atom. The average molecular weight is 465 g/mol. The summed E-state index contributed by atoms with van der Waals surface area (Å²) in [5.41, 5.74) is 0.591. The molecule has 0 saturated heterocycles. The minimum Gasteiger partial charge on any atom is -0.458 e. The van der Waals surface area contributed by atoms with Crippen molar-refractivity contribution >= 4 is 17.7 Å². The molecule has 9 atom stereocenters. The fourth-order valence-electron chi connectivity index (χ4n) is 8.82. The van der Waals surface area contributed by atoms with E-state index in [-0.39, 0.29) is 29.3 Å². The molecule has 0 bridgehead atoms. The largest absolute Gasteiger partial charge is 0.458 e. The van der Waals surface area contributed by atoms with Crippen molar-refractivity contribution in [2.24, 2.45) is 34.5 Å². The van der Waals surface area contributed by atoms with Crippen molar-refractivity contribution in [3.05, 3.63) is 11.6 Å². The van der Waals surface area contributed by atoms with Gasteiger partial charge in [0.25, 0.3) is 0 Å². The molecule has 180 valence electrons. The predicted octanol–water partition coefficient (Wildman–Crippen LogP) is 3.70. The zero-order valence-corrected chi connectivity index (χ0v) is 20.4. The highest BCUT2D eigenvalue weighted by molar-refractivity contribution is 7.99. The Balaban J connectivity index is 1.33. The van der Waals surface area contributed by atoms with Crippen molar-refractivity contribution in [3.63, 3.8) is 0 Å². The second-order valence-corrected chi connectivity index (χ2v) is 13.2. The zero-order chi connectivity index (χ0) is 22.7. The molecule has 0 radical (unpaired) electrons. The van der Waals surface area contributed by atoms with Crippen LogP contribution in [0.5, 0.6) is 0 Å². The minimum absolute atomic E-state index is 0.153. The van der Waals surface area contributed by atoms with E-state index in [1.165, 1.54) is 32.1 Å². The monoisotopic (exact) mass is 464 g/mol. The van der Waals surface area contributed by atoms with E-state index < -0.39 is 11.7 Å².